The van der Waals surface area contributed by atoms with Crippen molar-refractivity contribution in [2.45, 2.75) is 235 Å². The molecule has 0 amide bonds. The average Bonchev–Trinajstić information content (AvgIpc) is 3.11. The van der Waals surface area contributed by atoms with Crippen molar-refractivity contribution in [1.29, 1.82) is 0 Å². The van der Waals surface area contributed by atoms with Gasteiger partial charge in [-0.05, 0) is 62.2 Å². The van der Waals surface area contributed by atoms with Crippen molar-refractivity contribution in [3.05, 3.63) is 0 Å². The summed E-state index contributed by atoms with van der Waals surface area (Å²) in [5, 5.41) is 35.8. The fraction of sp³-hybridized carbons (Fsp3) is 1.00. The Morgan fingerprint density at radius 1 is 0.292 bits per heavy atom. The highest BCUT2D eigenvalue weighted by atomic mass is 16.3. The molecule has 296 valence electrons. The van der Waals surface area contributed by atoms with Crippen LogP contribution in [-0.2, 0) is 0 Å². The maximum Gasteiger partial charge on any atom is 0.0459 e. The molecule has 4 unspecified atom stereocenters. The summed E-state index contributed by atoms with van der Waals surface area (Å²) in [6.07, 6.45) is 36.2. The zero-order valence-electron chi connectivity index (χ0n) is 34.7. The van der Waals surface area contributed by atoms with Gasteiger partial charge in [-0.3, -0.25) is 0 Å². The zero-order valence-corrected chi connectivity index (χ0v) is 34.7. The topological polar surface area (TPSA) is 80.9 Å². The molecule has 0 bridgehead atoms. The minimum absolute atomic E-state index is 0.356. The molecule has 4 N–H and O–H groups in total. The third-order valence-electron chi connectivity index (χ3n) is 9.77. The van der Waals surface area contributed by atoms with E-state index in [1.165, 1.54) is 173 Å². The summed E-state index contributed by atoms with van der Waals surface area (Å²) in [7, 11) is 0. The number of aliphatic hydroxyl groups is 4. The van der Waals surface area contributed by atoms with Gasteiger partial charge in [0.25, 0.3) is 0 Å². The first-order chi connectivity index (χ1) is 23.3. The van der Waals surface area contributed by atoms with Crippen molar-refractivity contribution < 1.29 is 20.4 Å². The lowest BCUT2D eigenvalue weighted by atomic mass is 9.96. The van der Waals surface area contributed by atoms with E-state index >= 15 is 0 Å². The second kappa shape index (κ2) is 51.2. The van der Waals surface area contributed by atoms with E-state index in [4.69, 9.17) is 20.4 Å². The Morgan fingerprint density at radius 3 is 1.00 bits per heavy atom. The van der Waals surface area contributed by atoms with Gasteiger partial charge in [0.2, 0.25) is 0 Å². The minimum atomic E-state index is 0.356. The molecule has 0 aromatic carbocycles. The lowest BCUT2D eigenvalue weighted by molar-refractivity contribution is 0.205. The van der Waals surface area contributed by atoms with Crippen LogP contribution in [0.1, 0.15) is 235 Å². The molecule has 0 aliphatic carbocycles. The van der Waals surface area contributed by atoms with Crippen molar-refractivity contribution in [2.24, 2.45) is 23.7 Å². The number of aliphatic hydroxyl groups excluding tert-OH is 4. The van der Waals surface area contributed by atoms with Gasteiger partial charge < -0.3 is 20.4 Å². The zero-order chi connectivity index (χ0) is 36.9. The van der Waals surface area contributed by atoms with Crippen molar-refractivity contribution in [3.63, 3.8) is 0 Å². The fourth-order valence-electron chi connectivity index (χ4n) is 5.92. The van der Waals surface area contributed by atoms with Crippen molar-refractivity contribution in [2.75, 3.05) is 26.4 Å². The Labute approximate surface area is 305 Å². The van der Waals surface area contributed by atoms with Gasteiger partial charge >= 0.3 is 0 Å². The molecule has 0 aliphatic heterocycles. The standard InChI is InChI=1S/4C11H24O/c1-3-4-5-6-7-8-9-11(2)10-12;1-3-5-6-7-8-9-11(4-2)10-12;1-3-5-6-7-9-11(10-12)8-4-2;1-3-5-7-9-11(10-12)8-6-4-2/h4*11-12H,3-10H2,1-2H3. The quantitative estimate of drug-likeness (QED) is 0.0530. The van der Waals surface area contributed by atoms with E-state index in [2.05, 4.69) is 55.4 Å². The van der Waals surface area contributed by atoms with Crippen molar-refractivity contribution >= 4 is 0 Å². The van der Waals surface area contributed by atoms with E-state index in [-0.39, 0.29) is 0 Å². The first-order valence-electron chi connectivity index (χ1n) is 21.8. The Bertz CT molecular complexity index is 496. The molecular weight excluding hydrogens is 592 g/mol. The number of hydrogen-bond donors (Lipinski definition) is 4. The first kappa shape index (κ1) is 54.6. The van der Waals surface area contributed by atoms with E-state index < -0.39 is 0 Å². The summed E-state index contributed by atoms with van der Waals surface area (Å²) >= 11 is 0. The van der Waals surface area contributed by atoms with Crippen LogP contribution < -0.4 is 0 Å². The SMILES string of the molecule is CCCCCC(CO)CCCC.CCCCCCC(CO)CCC.CCCCCCCC(CC)CO.CCCCCCCCC(C)CO. The van der Waals surface area contributed by atoms with Crippen LogP contribution >= 0.6 is 0 Å². The van der Waals surface area contributed by atoms with Crippen LogP contribution in [-0.4, -0.2) is 46.9 Å². The Hall–Kier alpha value is -0.160. The maximum atomic E-state index is 9.05. The monoisotopic (exact) mass is 689 g/mol. The predicted octanol–water partition coefficient (Wildman–Crippen LogP) is 13.5. The second-order valence-corrected chi connectivity index (χ2v) is 14.9. The van der Waals surface area contributed by atoms with Gasteiger partial charge in [-0.25, -0.2) is 0 Å². The van der Waals surface area contributed by atoms with Gasteiger partial charge in [-0.15, -0.1) is 0 Å². The summed E-state index contributed by atoms with van der Waals surface area (Å²) in [5.74, 6) is 2.23. The van der Waals surface area contributed by atoms with E-state index in [1.807, 2.05) is 0 Å². The highest BCUT2D eigenvalue weighted by Gasteiger charge is 2.06. The molecule has 0 spiro atoms. The molecule has 0 aromatic heterocycles. The number of rotatable bonds is 32. The van der Waals surface area contributed by atoms with Gasteiger partial charge in [0, 0.05) is 26.4 Å². The Morgan fingerprint density at radius 2 is 0.604 bits per heavy atom. The molecule has 0 heterocycles. The van der Waals surface area contributed by atoms with Gasteiger partial charge in [0.15, 0.2) is 0 Å². The summed E-state index contributed by atoms with van der Waals surface area (Å²) in [6.45, 7) is 19.1. The predicted molar refractivity (Wildman–Crippen MR) is 217 cm³/mol. The number of unbranched alkanes of at least 4 members (excludes halogenated alkanes) is 15. The van der Waals surface area contributed by atoms with Crippen molar-refractivity contribution in [3.8, 4) is 0 Å². The van der Waals surface area contributed by atoms with E-state index in [9.17, 15) is 0 Å². The Kier molecular flexibility index (Phi) is 58.3. The normalized spacial score (nSPS) is 13.2. The van der Waals surface area contributed by atoms with E-state index in [0.717, 1.165) is 6.42 Å². The average molecular weight is 689 g/mol. The van der Waals surface area contributed by atoms with Crippen LogP contribution in [0.15, 0.2) is 0 Å². The minimum Gasteiger partial charge on any atom is -0.396 e. The van der Waals surface area contributed by atoms with Gasteiger partial charge in [0.05, 0.1) is 0 Å². The summed E-state index contributed by atoms with van der Waals surface area (Å²) in [4.78, 5) is 0. The molecule has 4 nitrogen and oxygen atoms in total. The smallest absolute Gasteiger partial charge is 0.0459 e. The molecule has 0 saturated heterocycles. The van der Waals surface area contributed by atoms with Crippen LogP contribution in [0, 0.1) is 23.7 Å². The van der Waals surface area contributed by atoms with E-state index in [1.54, 1.807) is 0 Å². The molecule has 0 rings (SSSR count). The van der Waals surface area contributed by atoms with E-state index in [0.29, 0.717) is 50.1 Å². The number of hydrogen-bond acceptors (Lipinski definition) is 4. The molecular formula is C44H96O4. The second-order valence-electron chi connectivity index (χ2n) is 14.9. The van der Waals surface area contributed by atoms with Gasteiger partial charge in [-0.2, -0.15) is 0 Å². The van der Waals surface area contributed by atoms with Crippen LogP contribution in [0.4, 0.5) is 0 Å². The van der Waals surface area contributed by atoms with Crippen LogP contribution in [0.2, 0.25) is 0 Å². The third-order valence-corrected chi connectivity index (χ3v) is 9.77. The molecule has 0 fully saturated rings. The van der Waals surface area contributed by atoms with Gasteiger partial charge in [0.1, 0.15) is 0 Å². The summed E-state index contributed by atoms with van der Waals surface area (Å²) in [5.41, 5.74) is 0. The molecule has 0 aromatic rings. The van der Waals surface area contributed by atoms with Crippen LogP contribution in [0.25, 0.3) is 0 Å². The highest BCUT2D eigenvalue weighted by Crippen LogP contribution is 2.17. The molecule has 0 saturated carbocycles. The molecule has 48 heavy (non-hydrogen) atoms. The third kappa shape index (κ3) is 50.2. The summed E-state index contributed by atoms with van der Waals surface area (Å²) < 4.78 is 0. The Balaban J connectivity index is -0.000000269. The van der Waals surface area contributed by atoms with Crippen LogP contribution in [0.3, 0.4) is 0 Å². The lowest BCUT2D eigenvalue weighted by Crippen LogP contribution is -2.05. The van der Waals surface area contributed by atoms with Crippen LogP contribution in [0.5, 0.6) is 0 Å². The largest absolute Gasteiger partial charge is 0.396 e. The summed E-state index contributed by atoms with van der Waals surface area (Å²) in [6, 6.07) is 0. The van der Waals surface area contributed by atoms with Crippen molar-refractivity contribution in [1.82, 2.24) is 0 Å². The van der Waals surface area contributed by atoms with Gasteiger partial charge in [-0.1, -0.05) is 197 Å². The molecule has 4 heteroatoms. The molecule has 0 radical (unpaired) electrons. The lowest BCUT2D eigenvalue weighted by Gasteiger charge is -2.12. The molecule has 4 atom stereocenters. The highest BCUT2D eigenvalue weighted by molar-refractivity contribution is 4.59. The molecule has 0 aliphatic rings. The first-order valence-corrected chi connectivity index (χ1v) is 21.8. The fourth-order valence-corrected chi connectivity index (χ4v) is 5.92. The maximum absolute atomic E-state index is 9.05.